The van der Waals surface area contributed by atoms with Crippen molar-refractivity contribution in [1.82, 2.24) is 10.6 Å². The minimum absolute atomic E-state index is 0.00908. The van der Waals surface area contributed by atoms with Crippen molar-refractivity contribution < 1.29 is 4.79 Å². The Bertz CT molecular complexity index is 1070. The van der Waals surface area contributed by atoms with Crippen molar-refractivity contribution in [3.8, 4) is 0 Å². The molecule has 0 unspecified atom stereocenters. The third-order valence-electron chi connectivity index (χ3n) is 5.09. The molecule has 2 N–H and O–H groups in total. The largest absolute Gasteiger partial charge is 0.348 e. The second-order valence-electron chi connectivity index (χ2n) is 7.10. The lowest BCUT2D eigenvalue weighted by molar-refractivity contribution is -0.120. The summed E-state index contributed by atoms with van der Waals surface area (Å²) in [4.78, 5) is 13.9. The number of thiophene rings is 1. The van der Waals surface area contributed by atoms with E-state index in [0.29, 0.717) is 0 Å². The highest BCUT2D eigenvalue weighted by Gasteiger charge is 2.17. The minimum atomic E-state index is -0.0627. The predicted molar refractivity (Wildman–Crippen MR) is 121 cm³/mol. The molecule has 4 rings (SSSR count). The van der Waals surface area contributed by atoms with Crippen molar-refractivity contribution in [3.63, 3.8) is 0 Å². The van der Waals surface area contributed by atoms with Crippen molar-refractivity contribution >= 4 is 28.0 Å². The molecule has 0 radical (unpaired) electrons. The number of amides is 1. The molecule has 0 aliphatic heterocycles. The van der Waals surface area contributed by atoms with Gasteiger partial charge in [-0.2, -0.15) is 0 Å². The summed E-state index contributed by atoms with van der Waals surface area (Å²) in [6, 6.07) is 28.8. The number of hydrogen-bond donors (Lipinski definition) is 2. The zero-order valence-electron chi connectivity index (χ0n) is 16.3. The first-order valence-corrected chi connectivity index (χ1v) is 10.7. The minimum Gasteiger partial charge on any atom is -0.348 e. The number of rotatable bonds is 7. The van der Waals surface area contributed by atoms with Gasteiger partial charge in [-0.05, 0) is 40.3 Å². The average Bonchev–Trinajstić information content (AvgIpc) is 3.29. The highest BCUT2D eigenvalue weighted by molar-refractivity contribution is 7.10. The van der Waals surface area contributed by atoms with Crippen LogP contribution in [0.1, 0.15) is 35.0 Å². The van der Waals surface area contributed by atoms with Crippen LogP contribution in [0.25, 0.3) is 10.8 Å². The number of benzene rings is 3. The Morgan fingerprint density at radius 3 is 2.45 bits per heavy atom. The molecule has 0 bridgehead atoms. The summed E-state index contributed by atoms with van der Waals surface area (Å²) >= 11 is 1.70. The highest BCUT2D eigenvalue weighted by atomic mass is 32.1. The highest BCUT2D eigenvalue weighted by Crippen LogP contribution is 2.26. The zero-order chi connectivity index (χ0) is 20.1. The Balaban J connectivity index is 1.45. The van der Waals surface area contributed by atoms with E-state index in [2.05, 4.69) is 58.5 Å². The third kappa shape index (κ3) is 4.56. The van der Waals surface area contributed by atoms with Gasteiger partial charge in [-0.15, -0.1) is 11.3 Å². The fraction of sp³-hybridized carbons (Fsp3) is 0.160. The van der Waals surface area contributed by atoms with E-state index in [0.717, 1.165) is 11.1 Å². The maximum atomic E-state index is 12.7. The van der Waals surface area contributed by atoms with Crippen LogP contribution in [0.3, 0.4) is 0 Å². The first-order valence-electron chi connectivity index (χ1n) is 9.81. The summed E-state index contributed by atoms with van der Waals surface area (Å²) in [5.74, 6) is -0.0112. The second kappa shape index (κ2) is 9.03. The van der Waals surface area contributed by atoms with E-state index in [4.69, 9.17) is 0 Å². The molecular weight excluding hydrogens is 376 g/mol. The quantitative estimate of drug-likeness (QED) is 0.433. The molecule has 29 heavy (non-hydrogen) atoms. The van der Waals surface area contributed by atoms with E-state index in [9.17, 15) is 4.79 Å². The van der Waals surface area contributed by atoms with E-state index in [1.54, 1.807) is 11.3 Å². The number of nitrogens with one attached hydrogen (secondary N) is 2. The molecule has 1 aromatic heterocycles. The summed E-state index contributed by atoms with van der Waals surface area (Å²) in [6.45, 7) is 2.29. The lowest BCUT2D eigenvalue weighted by Crippen LogP contribution is -2.37. The third-order valence-corrected chi connectivity index (χ3v) is 6.03. The maximum Gasteiger partial charge on any atom is 0.234 e. The van der Waals surface area contributed by atoms with Gasteiger partial charge in [-0.25, -0.2) is 0 Å². The van der Waals surface area contributed by atoms with Gasteiger partial charge in [-0.1, -0.05) is 78.9 Å². The van der Waals surface area contributed by atoms with Crippen LogP contribution in [0.4, 0.5) is 0 Å². The van der Waals surface area contributed by atoms with E-state index < -0.39 is 0 Å². The summed E-state index contributed by atoms with van der Waals surface area (Å²) < 4.78 is 0. The first kappa shape index (κ1) is 19.4. The normalized spacial score (nSPS) is 13.1. The summed E-state index contributed by atoms with van der Waals surface area (Å²) in [7, 11) is 0. The molecule has 0 aliphatic carbocycles. The molecule has 146 valence electrons. The predicted octanol–water partition coefficient (Wildman–Crippen LogP) is 5.46. The lowest BCUT2D eigenvalue weighted by atomic mass is 10.00. The average molecular weight is 401 g/mol. The van der Waals surface area contributed by atoms with Crippen LogP contribution >= 0.6 is 11.3 Å². The molecule has 4 heteroatoms. The van der Waals surface area contributed by atoms with Gasteiger partial charge in [0.15, 0.2) is 0 Å². The van der Waals surface area contributed by atoms with Crippen LogP contribution in [-0.4, -0.2) is 12.5 Å². The van der Waals surface area contributed by atoms with Crippen molar-refractivity contribution in [3.05, 3.63) is 106 Å². The molecule has 0 fully saturated rings. The van der Waals surface area contributed by atoms with Crippen molar-refractivity contribution in [2.75, 3.05) is 6.54 Å². The molecule has 0 saturated heterocycles. The number of carbonyl (C=O) groups excluding carboxylic acids is 1. The van der Waals surface area contributed by atoms with Gasteiger partial charge in [-0.3, -0.25) is 10.1 Å². The van der Waals surface area contributed by atoms with Crippen LogP contribution in [0.15, 0.2) is 90.3 Å². The van der Waals surface area contributed by atoms with E-state index >= 15 is 0 Å². The topological polar surface area (TPSA) is 41.1 Å². The Morgan fingerprint density at radius 2 is 1.66 bits per heavy atom. The SMILES string of the molecule is C[C@H](NC(=O)CN[C@@H](c1ccccc1)c1cccs1)c1cccc2ccccc12. The molecule has 1 amide bonds. The molecular formula is C25H24N2OS. The van der Waals surface area contributed by atoms with Gasteiger partial charge in [0.2, 0.25) is 5.91 Å². The Kier molecular flexibility index (Phi) is 6.03. The Morgan fingerprint density at radius 1 is 0.897 bits per heavy atom. The lowest BCUT2D eigenvalue weighted by Gasteiger charge is -2.20. The fourth-order valence-electron chi connectivity index (χ4n) is 3.68. The zero-order valence-corrected chi connectivity index (χ0v) is 17.2. The van der Waals surface area contributed by atoms with Crippen LogP contribution in [0.2, 0.25) is 0 Å². The van der Waals surface area contributed by atoms with Crippen LogP contribution in [0, 0.1) is 0 Å². The molecule has 0 aliphatic rings. The molecule has 1 heterocycles. The summed E-state index contributed by atoms with van der Waals surface area (Å²) in [5, 5.41) is 11.0. The maximum absolute atomic E-state index is 12.7. The number of hydrogen-bond acceptors (Lipinski definition) is 3. The van der Waals surface area contributed by atoms with Crippen LogP contribution < -0.4 is 10.6 Å². The van der Waals surface area contributed by atoms with Gasteiger partial charge in [0.25, 0.3) is 0 Å². The van der Waals surface area contributed by atoms with Crippen molar-refractivity contribution in [2.45, 2.75) is 19.0 Å². The first-order chi connectivity index (χ1) is 14.2. The second-order valence-corrected chi connectivity index (χ2v) is 8.08. The van der Waals surface area contributed by atoms with Crippen molar-refractivity contribution in [2.24, 2.45) is 0 Å². The van der Waals surface area contributed by atoms with Gasteiger partial charge in [0.1, 0.15) is 0 Å². The fourth-order valence-corrected chi connectivity index (χ4v) is 4.50. The van der Waals surface area contributed by atoms with Crippen molar-refractivity contribution in [1.29, 1.82) is 0 Å². The molecule has 0 saturated carbocycles. The monoisotopic (exact) mass is 400 g/mol. The molecule has 0 spiro atoms. The van der Waals surface area contributed by atoms with E-state index in [-0.39, 0.29) is 24.5 Å². The molecule has 4 aromatic rings. The van der Waals surface area contributed by atoms with Gasteiger partial charge >= 0.3 is 0 Å². The van der Waals surface area contributed by atoms with Crippen LogP contribution in [0.5, 0.6) is 0 Å². The Hall–Kier alpha value is -2.95. The van der Waals surface area contributed by atoms with E-state index in [1.807, 2.05) is 49.4 Å². The van der Waals surface area contributed by atoms with Gasteiger partial charge in [0, 0.05) is 4.88 Å². The van der Waals surface area contributed by atoms with Gasteiger partial charge in [0.05, 0.1) is 18.6 Å². The van der Waals surface area contributed by atoms with Crippen LogP contribution in [-0.2, 0) is 4.79 Å². The van der Waals surface area contributed by atoms with E-state index in [1.165, 1.54) is 15.6 Å². The standard InChI is InChI=1S/C25H24N2OS/c1-18(21-14-7-12-19-9-5-6-13-22(19)21)27-24(28)17-26-25(23-15-8-16-29-23)20-10-3-2-4-11-20/h2-16,18,25-26H,17H2,1H3,(H,27,28)/t18-,25-/m0/s1. The smallest absolute Gasteiger partial charge is 0.234 e. The number of carbonyl (C=O) groups is 1. The van der Waals surface area contributed by atoms with Gasteiger partial charge < -0.3 is 5.32 Å². The molecule has 3 aromatic carbocycles. The summed E-state index contributed by atoms with van der Waals surface area (Å²) in [6.07, 6.45) is 0. The molecule has 2 atom stereocenters. The Labute approximate surface area is 175 Å². The summed E-state index contributed by atoms with van der Waals surface area (Å²) in [5.41, 5.74) is 2.29. The molecule has 3 nitrogen and oxygen atoms in total. The number of fused-ring (bicyclic) bond motifs is 1.